The van der Waals surface area contributed by atoms with Crippen molar-refractivity contribution in [2.75, 3.05) is 0 Å². The number of hydrogen-bond acceptors (Lipinski definition) is 1. The summed E-state index contributed by atoms with van der Waals surface area (Å²) in [5.41, 5.74) is 2.27. The normalized spacial score (nSPS) is 18.9. The molecule has 0 amide bonds. The Hall–Kier alpha value is -1.31. The number of carbonyl (C=O) groups is 1. The number of hydrogen-bond donors (Lipinski definition) is 1. The van der Waals surface area contributed by atoms with Gasteiger partial charge in [0.1, 0.15) is 0 Å². The van der Waals surface area contributed by atoms with Crippen molar-refractivity contribution in [2.45, 2.75) is 58.3 Å². The zero-order chi connectivity index (χ0) is 13.9. The zero-order valence-corrected chi connectivity index (χ0v) is 12.0. The second-order valence-electron chi connectivity index (χ2n) is 5.78. The average Bonchev–Trinajstić information content (AvgIpc) is 2.44. The molecule has 1 aromatic carbocycles. The molecule has 1 aliphatic rings. The second kappa shape index (κ2) is 5.77. The van der Waals surface area contributed by atoms with Gasteiger partial charge in [-0.25, -0.2) is 0 Å². The Morgan fingerprint density at radius 1 is 1.32 bits per heavy atom. The molecule has 0 radical (unpaired) electrons. The third kappa shape index (κ3) is 2.68. The van der Waals surface area contributed by atoms with Crippen LogP contribution in [0.3, 0.4) is 0 Å². The smallest absolute Gasteiger partial charge is 0.309 e. The van der Waals surface area contributed by atoms with E-state index in [9.17, 15) is 9.90 Å². The lowest BCUT2D eigenvalue weighted by molar-refractivity contribution is -0.150. The van der Waals surface area contributed by atoms with Crippen LogP contribution in [0.5, 0.6) is 0 Å². The minimum Gasteiger partial charge on any atom is -0.481 e. The lowest BCUT2D eigenvalue weighted by atomic mass is 9.69. The Bertz CT molecular complexity index is 446. The third-order valence-corrected chi connectivity index (χ3v) is 4.94. The van der Waals surface area contributed by atoms with Crippen LogP contribution in [0.1, 0.15) is 63.0 Å². The van der Waals surface area contributed by atoms with Crippen molar-refractivity contribution in [2.24, 2.45) is 5.41 Å². The van der Waals surface area contributed by atoms with E-state index in [4.69, 9.17) is 0 Å². The Kier molecular flexibility index (Phi) is 4.28. The van der Waals surface area contributed by atoms with Gasteiger partial charge in [0.2, 0.25) is 0 Å². The number of aliphatic carboxylic acids is 1. The SMILES string of the molecule is CCC(CC)(CC1CCCc2ccccc21)C(=O)O. The highest BCUT2D eigenvalue weighted by Crippen LogP contribution is 2.43. The van der Waals surface area contributed by atoms with E-state index in [-0.39, 0.29) is 0 Å². The van der Waals surface area contributed by atoms with Gasteiger partial charge in [0.05, 0.1) is 5.41 Å². The van der Waals surface area contributed by atoms with Gasteiger partial charge in [-0.3, -0.25) is 4.79 Å². The Labute approximate surface area is 115 Å². The van der Waals surface area contributed by atoms with Crippen molar-refractivity contribution in [3.8, 4) is 0 Å². The molecule has 0 aliphatic heterocycles. The lowest BCUT2D eigenvalue weighted by Crippen LogP contribution is -2.32. The molecule has 0 saturated carbocycles. The molecule has 1 N–H and O–H groups in total. The van der Waals surface area contributed by atoms with Crippen molar-refractivity contribution in [3.05, 3.63) is 35.4 Å². The molecule has 0 bridgehead atoms. The summed E-state index contributed by atoms with van der Waals surface area (Å²) in [6.07, 6.45) is 5.68. The Morgan fingerprint density at radius 3 is 2.63 bits per heavy atom. The van der Waals surface area contributed by atoms with E-state index in [1.807, 2.05) is 13.8 Å². The first-order valence-corrected chi connectivity index (χ1v) is 7.44. The van der Waals surface area contributed by atoms with Gasteiger partial charge in [0.15, 0.2) is 0 Å². The molecule has 0 saturated heterocycles. The molecule has 1 aromatic rings. The molecule has 0 fully saturated rings. The first-order chi connectivity index (χ1) is 9.13. The maximum absolute atomic E-state index is 11.7. The van der Waals surface area contributed by atoms with Gasteiger partial charge >= 0.3 is 5.97 Å². The summed E-state index contributed by atoms with van der Waals surface area (Å²) >= 11 is 0. The molecule has 0 heterocycles. The van der Waals surface area contributed by atoms with Crippen LogP contribution in [0.25, 0.3) is 0 Å². The van der Waals surface area contributed by atoms with Crippen LogP contribution < -0.4 is 0 Å². The maximum Gasteiger partial charge on any atom is 0.309 e. The minimum absolute atomic E-state index is 0.418. The molecular weight excluding hydrogens is 236 g/mol. The zero-order valence-electron chi connectivity index (χ0n) is 12.0. The predicted molar refractivity (Wildman–Crippen MR) is 77.4 cm³/mol. The average molecular weight is 260 g/mol. The fourth-order valence-corrected chi connectivity index (χ4v) is 3.47. The number of rotatable bonds is 5. The summed E-state index contributed by atoms with van der Waals surface area (Å²) in [5.74, 6) is -0.207. The lowest BCUT2D eigenvalue weighted by Gasteiger charge is -2.34. The highest BCUT2D eigenvalue weighted by Gasteiger charge is 2.38. The largest absolute Gasteiger partial charge is 0.481 e. The number of fused-ring (bicyclic) bond motifs is 1. The topological polar surface area (TPSA) is 37.3 Å². The number of carboxylic acid groups (broad SMARTS) is 1. The van der Waals surface area contributed by atoms with Crippen LogP contribution in [-0.4, -0.2) is 11.1 Å². The van der Waals surface area contributed by atoms with Gasteiger partial charge in [-0.1, -0.05) is 38.1 Å². The molecule has 2 rings (SSSR count). The fraction of sp³-hybridized carbons (Fsp3) is 0.588. The van der Waals surface area contributed by atoms with Gasteiger partial charge in [0, 0.05) is 0 Å². The predicted octanol–water partition coefficient (Wildman–Crippen LogP) is 4.39. The quantitative estimate of drug-likeness (QED) is 0.852. The molecule has 19 heavy (non-hydrogen) atoms. The summed E-state index contributed by atoms with van der Waals surface area (Å²) in [5, 5.41) is 9.60. The van der Waals surface area contributed by atoms with E-state index in [2.05, 4.69) is 24.3 Å². The summed E-state index contributed by atoms with van der Waals surface area (Å²) in [7, 11) is 0. The minimum atomic E-state index is -0.624. The van der Waals surface area contributed by atoms with Crippen LogP contribution in [0.2, 0.25) is 0 Å². The monoisotopic (exact) mass is 260 g/mol. The molecule has 1 unspecified atom stereocenters. The number of carboxylic acids is 1. The standard InChI is InChI=1S/C17H24O2/c1-3-17(4-2,16(18)19)12-14-10-7-9-13-8-5-6-11-15(13)14/h5-6,8,11,14H,3-4,7,9-10,12H2,1-2H3,(H,18,19). The molecule has 0 aromatic heterocycles. The maximum atomic E-state index is 11.7. The summed E-state index contributed by atoms with van der Waals surface area (Å²) < 4.78 is 0. The Balaban J connectivity index is 2.26. The summed E-state index contributed by atoms with van der Waals surface area (Å²) in [4.78, 5) is 11.7. The van der Waals surface area contributed by atoms with Gasteiger partial charge in [0.25, 0.3) is 0 Å². The van der Waals surface area contributed by atoms with Crippen LogP contribution in [0.4, 0.5) is 0 Å². The van der Waals surface area contributed by atoms with Crippen LogP contribution in [0.15, 0.2) is 24.3 Å². The van der Waals surface area contributed by atoms with Crippen LogP contribution in [-0.2, 0) is 11.2 Å². The fourth-order valence-electron chi connectivity index (χ4n) is 3.47. The molecule has 1 aliphatic carbocycles. The number of benzene rings is 1. The van der Waals surface area contributed by atoms with Gasteiger partial charge in [-0.15, -0.1) is 0 Å². The van der Waals surface area contributed by atoms with E-state index in [1.54, 1.807) is 0 Å². The van der Waals surface area contributed by atoms with E-state index in [0.29, 0.717) is 5.92 Å². The summed E-state index contributed by atoms with van der Waals surface area (Å²) in [6, 6.07) is 8.56. The molecular formula is C17H24O2. The molecule has 0 spiro atoms. The molecule has 2 nitrogen and oxygen atoms in total. The first-order valence-electron chi connectivity index (χ1n) is 7.44. The van der Waals surface area contributed by atoms with Gasteiger partial charge in [-0.05, 0) is 55.6 Å². The van der Waals surface area contributed by atoms with Gasteiger partial charge in [-0.2, -0.15) is 0 Å². The van der Waals surface area contributed by atoms with Crippen LogP contribution >= 0.6 is 0 Å². The van der Waals surface area contributed by atoms with E-state index in [0.717, 1.165) is 32.1 Å². The Morgan fingerprint density at radius 2 is 2.00 bits per heavy atom. The highest BCUT2D eigenvalue weighted by molar-refractivity contribution is 5.74. The third-order valence-electron chi connectivity index (χ3n) is 4.94. The molecule has 104 valence electrons. The number of aryl methyl sites for hydroxylation is 1. The van der Waals surface area contributed by atoms with Crippen molar-refractivity contribution in [1.82, 2.24) is 0 Å². The first kappa shape index (κ1) is 14.1. The molecule has 2 heteroatoms. The van der Waals surface area contributed by atoms with E-state index in [1.165, 1.54) is 17.5 Å². The highest BCUT2D eigenvalue weighted by atomic mass is 16.4. The van der Waals surface area contributed by atoms with E-state index < -0.39 is 11.4 Å². The van der Waals surface area contributed by atoms with Crippen LogP contribution in [0, 0.1) is 5.41 Å². The van der Waals surface area contributed by atoms with Crippen molar-refractivity contribution in [3.63, 3.8) is 0 Å². The van der Waals surface area contributed by atoms with Crippen molar-refractivity contribution >= 4 is 5.97 Å². The van der Waals surface area contributed by atoms with Crippen molar-refractivity contribution in [1.29, 1.82) is 0 Å². The summed E-state index contributed by atoms with van der Waals surface area (Å²) in [6.45, 7) is 4.01. The second-order valence-corrected chi connectivity index (χ2v) is 5.78. The van der Waals surface area contributed by atoms with Gasteiger partial charge < -0.3 is 5.11 Å². The molecule has 1 atom stereocenters. The van der Waals surface area contributed by atoms with Crippen molar-refractivity contribution < 1.29 is 9.90 Å². The van der Waals surface area contributed by atoms with E-state index >= 15 is 0 Å².